The van der Waals surface area contributed by atoms with Gasteiger partial charge in [-0.25, -0.2) is 4.79 Å². The monoisotopic (exact) mass is 349 g/mol. The molecule has 0 radical (unpaired) electrons. The van der Waals surface area contributed by atoms with Gasteiger partial charge in [-0.3, -0.25) is 0 Å². The highest BCUT2D eigenvalue weighted by atomic mass is 79.9. The van der Waals surface area contributed by atoms with Gasteiger partial charge in [-0.1, -0.05) is 52.0 Å². The average Bonchev–Trinajstić information content (AvgIpc) is 2.41. The molecule has 0 aliphatic rings. The number of esters is 1. The van der Waals surface area contributed by atoms with Gasteiger partial charge in [0.25, 0.3) is 0 Å². The maximum Gasteiger partial charge on any atom is 0.330 e. The van der Waals surface area contributed by atoms with Gasteiger partial charge in [0.15, 0.2) is 0 Å². The Hall–Kier alpha value is -0.350. The number of hydrogen-bond acceptors (Lipinski definition) is 2. The predicted molar refractivity (Wildman–Crippen MR) is 80.4 cm³/mol. The van der Waals surface area contributed by atoms with Crippen molar-refractivity contribution >= 4 is 5.97 Å². The Morgan fingerprint density at radius 3 is 2.15 bits per heavy atom. The summed E-state index contributed by atoms with van der Waals surface area (Å²) in [6.07, 6.45) is 12.1. The number of ether oxygens (including phenoxy) is 1. The minimum absolute atomic E-state index is 0. The maximum absolute atomic E-state index is 10.9. The van der Waals surface area contributed by atoms with Crippen molar-refractivity contribution in [3.05, 3.63) is 12.7 Å². The van der Waals surface area contributed by atoms with Crippen LogP contribution in [0.15, 0.2) is 12.7 Å². The van der Waals surface area contributed by atoms with Crippen LogP contribution < -0.4 is 21.9 Å². The molecule has 0 aliphatic carbocycles. The van der Waals surface area contributed by atoms with Crippen molar-refractivity contribution in [3.8, 4) is 0 Å². The molecule has 1 N–H and O–H groups in total. The molecule has 0 saturated heterocycles. The molecule has 0 aromatic carbocycles. The number of rotatable bonds is 13. The smallest absolute Gasteiger partial charge is 0.330 e. The van der Waals surface area contributed by atoms with Crippen LogP contribution in [0.5, 0.6) is 0 Å². The van der Waals surface area contributed by atoms with E-state index >= 15 is 0 Å². The van der Waals surface area contributed by atoms with E-state index in [9.17, 15) is 4.79 Å². The number of halogens is 1. The molecule has 0 rings (SSSR count). The van der Waals surface area contributed by atoms with E-state index < -0.39 is 0 Å². The lowest BCUT2D eigenvalue weighted by atomic mass is 10.1. The van der Waals surface area contributed by atoms with Gasteiger partial charge >= 0.3 is 5.97 Å². The first kappa shape index (κ1) is 21.9. The first-order valence-corrected chi connectivity index (χ1v) is 7.81. The van der Waals surface area contributed by atoms with E-state index in [0.717, 1.165) is 6.54 Å². The Kier molecular flexibility index (Phi) is 18.3. The third-order valence-electron chi connectivity index (χ3n) is 3.40. The number of unbranched alkanes of at least 4 members (excludes halogenated alkanes) is 7. The van der Waals surface area contributed by atoms with Crippen molar-refractivity contribution in [2.45, 2.75) is 58.3 Å². The van der Waals surface area contributed by atoms with Gasteiger partial charge < -0.3 is 26.6 Å². The van der Waals surface area contributed by atoms with Crippen LogP contribution in [-0.4, -0.2) is 32.7 Å². The van der Waals surface area contributed by atoms with Crippen LogP contribution in [0.1, 0.15) is 58.3 Å². The molecule has 3 nitrogen and oxygen atoms in total. The first-order chi connectivity index (χ1) is 9.20. The van der Waals surface area contributed by atoms with Crippen molar-refractivity contribution in [2.75, 3.05) is 26.7 Å². The van der Waals surface area contributed by atoms with Gasteiger partial charge in [-0.05, 0) is 12.8 Å². The summed E-state index contributed by atoms with van der Waals surface area (Å²) in [5, 5.41) is 0. The highest BCUT2D eigenvalue weighted by Crippen LogP contribution is 2.07. The van der Waals surface area contributed by atoms with E-state index in [0.29, 0.717) is 6.61 Å². The van der Waals surface area contributed by atoms with Crippen LogP contribution in [0.4, 0.5) is 0 Å². The largest absolute Gasteiger partial charge is 1.00 e. The summed E-state index contributed by atoms with van der Waals surface area (Å²) in [4.78, 5) is 12.3. The van der Waals surface area contributed by atoms with Crippen molar-refractivity contribution in [1.82, 2.24) is 0 Å². The van der Waals surface area contributed by atoms with Crippen LogP contribution in [0, 0.1) is 0 Å². The maximum atomic E-state index is 10.9. The summed E-state index contributed by atoms with van der Waals surface area (Å²) in [6.45, 7) is 8.17. The lowest BCUT2D eigenvalue weighted by molar-refractivity contribution is -0.880. The molecule has 0 aromatic rings. The molecule has 1 atom stereocenters. The van der Waals surface area contributed by atoms with E-state index in [1.54, 1.807) is 0 Å². The number of likely N-dealkylation sites (N-methyl/N-ethyl adjacent to an activating group) is 1. The molecule has 1 unspecified atom stereocenters. The summed E-state index contributed by atoms with van der Waals surface area (Å²) in [7, 11) is 2.16. The van der Waals surface area contributed by atoms with Crippen molar-refractivity contribution in [3.63, 3.8) is 0 Å². The summed E-state index contributed by atoms with van der Waals surface area (Å²) in [5.74, 6) is -0.320. The summed E-state index contributed by atoms with van der Waals surface area (Å²) < 4.78 is 4.97. The summed E-state index contributed by atoms with van der Waals surface area (Å²) >= 11 is 0. The predicted octanol–water partition coefficient (Wildman–Crippen LogP) is -0.625. The Bertz CT molecular complexity index is 235. The van der Waals surface area contributed by atoms with Crippen molar-refractivity contribution in [1.29, 1.82) is 0 Å². The van der Waals surface area contributed by atoms with Gasteiger partial charge in [0.2, 0.25) is 0 Å². The van der Waals surface area contributed by atoms with E-state index in [1.807, 2.05) is 0 Å². The molecule has 0 aromatic heterocycles. The van der Waals surface area contributed by atoms with Crippen LogP contribution in [0.3, 0.4) is 0 Å². The summed E-state index contributed by atoms with van der Waals surface area (Å²) in [6, 6.07) is 0. The van der Waals surface area contributed by atoms with Gasteiger partial charge in [-0.2, -0.15) is 0 Å². The van der Waals surface area contributed by atoms with Crippen LogP contribution in [0.2, 0.25) is 0 Å². The Morgan fingerprint density at radius 2 is 1.60 bits per heavy atom. The fourth-order valence-corrected chi connectivity index (χ4v) is 2.07. The fraction of sp³-hybridized carbons (Fsp3) is 0.812. The summed E-state index contributed by atoms with van der Waals surface area (Å²) in [5.41, 5.74) is 0. The number of carbonyl (C=O) groups is 1. The minimum atomic E-state index is -0.320. The van der Waals surface area contributed by atoms with E-state index in [4.69, 9.17) is 4.74 Å². The zero-order valence-electron chi connectivity index (χ0n) is 13.3. The highest BCUT2D eigenvalue weighted by Gasteiger charge is 2.03. The minimum Gasteiger partial charge on any atom is -1.00 e. The molecular formula is C16H32BrNO2. The van der Waals surface area contributed by atoms with Gasteiger partial charge in [-0.15, -0.1) is 0 Å². The Morgan fingerprint density at radius 1 is 1.05 bits per heavy atom. The third kappa shape index (κ3) is 15.7. The van der Waals surface area contributed by atoms with Gasteiger partial charge in [0, 0.05) is 6.08 Å². The second-order valence-corrected chi connectivity index (χ2v) is 5.30. The molecule has 0 spiro atoms. The molecular weight excluding hydrogens is 318 g/mol. The highest BCUT2D eigenvalue weighted by molar-refractivity contribution is 5.81. The molecule has 0 aliphatic heterocycles. The standard InChI is InChI=1S/C16H31NO2.BrH/c1-4-6-7-8-9-10-11-12-13-17(3)14-15-19-16(18)5-2;/h5H,2,4,6-15H2,1,3H3;1H. The second kappa shape index (κ2) is 16.7. The lowest BCUT2D eigenvalue weighted by Gasteiger charge is -2.13. The third-order valence-corrected chi connectivity index (χ3v) is 3.40. The molecule has 120 valence electrons. The van der Waals surface area contributed by atoms with Gasteiger partial charge in [0.05, 0.1) is 13.6 Å². The molecule has 0 heterocycles. The molecule has 4 heteroatoms. The molecule has 0 saturated carbocycles. The SMILES string of the molecule is C=CC(=O)OCC[NH+](C)CCCCCCCCCC.[Br-]. The zero-order chi connectivity index (χ0) is 14.3. The zero-order valence-corrected chi connectivity index (χ0v) is 14.8. The number of quaternary nitrogens is 1. The van der Waals surface area contributed by atoms with Gasteiger partial charge in [0.1, 0.15) is 13.2 Å². The van der Waals surface area contributed by atoms with Crippen LogP contribution in [-0.2, 0) is 9.53 Å². The van der Waals surface area contributed by atoms with Crippen LogP contribution in [0.25, 0.3) is 0 Å². The Labute approximate surface area is 135 Å². The Balaban J connectivity index is 0. The number of hydrogen-bond donors (Lipinski definition) is 1. The van der Waals surface area contributed by atoms with Crippen LogP contribution >= 0.6 is 0 Å². The van der Waals surface area contributed by atoms with Crippen molar-refractivity contribution < 1.29 is 31.4 Å². The second-order valence-electron chi connectivity index (χ2n) is 5.30. The molecule has 0 fully saturated rings. The number of carbonyl (C=O) groups excluding carboxylic acids is 1. The van der Waals surface area contributed by atoms with E-state index in [1.165, 1.54) is 68.9 Å². The normalized spacial score (nSPS) is 11.5. The number of nitrogens with one attached hydrogen (secondary N) is 1. The first-order valence-electron chi connectivity index (χ1n) is 7.81. The molecule has 20 heavy (non-hydrogen) atoms. The van der Waals surface area contributed by atoms with E-state index in [-0.39, 0.29) is 23.0 Å². The average molecular weight is 350 g/mol. The lowest BCUT2D eigenvalue weighted by Crippen LogP contribution is -3.09. The molecule has 0 bridgehead atoms. The topological polar surface area (TPSA) is 30.7 Å². The molecule has 0 amide bonds. The fourth-order valence-electron chi connectivity index (χ4n) is 2.07. The van der Waals surface area contributed by atoms with Crippen molar-refractivity contribution in [2.24, 2.45) is 0 Å². The van der Waals surface area contributed by atoms with E-state index in [2.05, 4.69) is 20.6 Å². The quantitative estimate of drug-likeness (QED) is 0.273.